The van der Waals surface area contributed by atoms with Crippen LogP contribution in [-0.4, -0.2) is 36.5 Å². The largest absolute Gasteiger partial charge is 0.398 e. The summed E-state index contributed by atoms with van der Waals surface area (Å²) in [5.74, 6) is -0.499. The van der Waals surface area contributed by atoms with Gasteiger partial charge in [-0.1, -0.05) is 13.0 Å². The van der Waals surface area contributed by atoms with E-state index < -0.39 is 0 Å². The van der Waals surface area contributed by atoms with Gasteiger partial charge in [-0.15, -0.1) is 0 Å². The molecule has 5 nitrogen and oxygen atoms in total. The van der Waals surface area contributed by atoms with Crippen LogP contribution in [-0.2, 0) is 4.74 Å². The second-order valence-corrected chi connectivity index (χ2v) is 5.89. The summed E-state index contributed by atoms with van der Waals surface area (Å²) in [6, 6.07) is 5.03. The number of carbonyl (C=O) groups excluding carboxylic acids is 2. The third kappa shape index (κ3) is 1.98. The van der Waals surface area contributed by atoms with Crippen LogP contribution in [0.5, 0.6) is 0 Å². The standard InChI is InChI=1S/C15H18N2O3/c1-15(5-7-20-8-6-15)9-17-13(18)10-3-2-4-11(16)12(10)14(17)19/h2-4H,5-9,16H2,1H3. The molecular formula is C15H18N2O3. The van der Waals surface area contributed by atoms with Crippen LogP contribution in [0.15, 0.2) is 18.2 Å². The fourth-order valence-corrected chi connectivity index (χ4v) is 2.91. The molecule has 2 heterocycles. The molecule has 0 radical (unpaired) electrons. The quantitative estimate of drug-likeness (QED) is 0.658. The summed E-state index contributed by atoms with van der Waals surface area (Å²) in [4.78, 5) is 26.2. The molecule has 0 unspecified atom stereocenters. The molecule has 2 amide bonds. The molecule has 0 atom stereocenters. The Kier molecular flexibility index (Phi) is 3.01. The average Bonchev–Trinajstić information content (AvgIpc) is 2.66. The van der Waals surface area contributed by atoms with Gasteiger partial charge in [0.1, 0.15) is 0 Å². The highest BCUT2D eigenvalue weighted by atomic mass is 16.5. The zero-order valence-corrected chi connectivity index (χ0v) is 11.5. The van der Waals surface area contributed by atoms with Crippen molar-refractivity contribution in [3.63, 3.8) is 0 Å². The summed E-state index contributed by atoms with van der Waals surface area (Å²) < 4.78 is 5.36. The van der Waals surface area contributed by atoms with Gasteiger partial charge >= 0.3 is 0 Å². The molecule has 2 N–H and O–H groups in total. The van der Waals surface area contributed by atoms with Gasteiger partial charge < -0.3 is 10.5 Å². The van der Waals surface area contributed by atoms with Crippen LogP contribution in [0.2, 0.25) is 0 Å². The van der Waals surface area contributed by atoms with Crippen LogP contribution in [0.3, 0.4) is 0 Å². The molecule has 5 heteroatoms. The minimum absolute atomic E-state index is 0.0691. The Balaban J connectivity index is 1.88. The second-order valence-electron chi connectivity index (χ2n) is 5.89. The maximum absolute atomic E-state index is 12.4. The monoisotopic (exact) mass is 274 g/mol. The van der Waals surface area contributed by atoms with Gasteiger partial charge in [0.25, 0.3) is 11.8 Å². The fourth-order valence-electron chi connectivity index (χ4n) is 2.91. The molecule has 106 valence electrons. The van der Waals surface area contributed by atoms with Crippen LogP contribution in [0, 0.1) is 5.41 Å². The number of hydrogen-bond acceptors (Lipinski definition) is 4. The molecule has 3 rings (SSSR count). The highest BCUT2D eigenvalue weighted by Crippen LogP contribution is 2.35. The summed E-state index contributed by atoms with van der Waals surface area (Å²) in [6.07, 6.45) is 1.71. The second kappa shape index (κ2) is 4.59. The topological polar surface area (TPSA) is 72.6 Å². The van der Waals surface area contributed by atoms with Gasteiger partial charge in [-0.05, 0) is 30.4 Å². The van der Waals surface area contributed by atoms with Gasteiger partial charge in [0.2, 0.25) is 0 Å². The van der Waals surface area contributed by atoms with Gasteiger partial charge in [0.15, 0.2) is 0 Å². The molecule has 2 aliphatic heterocycles. The summed E-state index contributed by atoms with van der Waals surface area (Å²) >= 11 is 0. The minimum Gasteiger partial charge on any atom is -0.398 e. The Labute approximate surface area is 117 Å². The van der Waals surface area contributed by atoms with Crippen molar-refractivity contribution in [3.8, 4) is 0 Å². The molecule has 1 fully saturated rings. The van der Waals surface area contributed by atoms with E-state index in [0.29, 0.717) is 36.6 Å². The lowest BCUT2D eigenvalue weighted by Gasteiger charge is -2.36. The third-order valence-electron chi connectivity index (χ3n) is 4.27. The number of nitrogens with zero attached hydrogens (tertiary/aromatic N) is 1. The first-order chi connectivity index (χ1) is 9.52. The van der Waals surface area contributed by atoms with Gasteiger partial charge in [-0.25, -0.2) is 0 Å². The molecule has 0 aliphatic carbocycles. The molecule has 1 aromatic rings. The van der Waals surface area contributed by atoms with Crippen molar-refractivity contribution >= 4 is 17.5 Å². The van der Waals surface area contributed by atoms with Gasteiger partial charge in [-0.3, -0.25) is 14.5 Å². The lowest BCUT2D eigenvalue weighted by Crippen LogP contribution is -2.42. The molecule has 0 spiro atoms. The number of hydrogen-bond donors (Lipinski definition) is 1. The molecule has 0 saturated carbocycles. The first-order valence-corrected chi connectivity index (χ1v) is 6.84. The molecule has 1 saturated heterocycles. The minimum atomic E-state index is -0.268. The summed E-state index contributed by atoms with van der Waals surface area (Å²) in [7, 11) is 0. The average molecular weight is 274 g/mol. The molecule has 20 heavy (non-hydrogen) atoms. The Hall–Kier alpha value is -1.88. The van der Waals surface area contributed by atoms with Crippen LogP contribution >= 0.6 is 0 Å². The van der Waals surface area contributed by atoms with Crippen molar-refractivity contribution in [2.75, 3.05) is 25.5 Å². The summed E-state index contributed by atoms with van der Waals surface area (Å²) in [5, 5.41) is 0. The van der Waals surface area contributed by atoms with Crippen molar-refractivity contribution in [2.45, 2.75) is 19.8 Å². The normalized spacial score (nSPS) is 21.1. The van der Waals surface area contributed by atoms with Gasteiger partial charge in [0, 0.05) is 25.4 Å². The number of nitrogen functional groups attached to an aromatic ring is 1. The van der Waals surface area contributed by atoms with Crippen LogP contribution < -0.4 is 5.73 Å². The highest BCUT2D eigenvalue weighted by Gasteiger charge is 2.41. The zero-order chi connectivity index (χ0) is 14.3. The Morgan fingerprint density at radius 1 is 1.25 bits per heavy atom. The van der Waals surface area contributed by atoms with Crippen molar-refractivity contribution in [2.24, 2.45) is 5.41 Å². The number of carbonyl (C=O) groups is 2. The van der Waals surface area contributed by atoms with E-state index in [1.165, 1.54) is 4.90 Å². The van der Waals surface area contributed by atoms with Crippen molar-refractivity contribution in [1.29, 1.82) is 0 Å². The first kappa shape index (κ1) is 13.1. The predicted molar refractivity (Wildman–Crippen MR) is 74.4 cm³/mol. The van der Waals surface area contributed by atoms with E-state index in [1.54, 1.807) is 18.2 Å². The highest BCUT2D eigenvalue weighted by molar-refractivity contribution is 6.23. The van der Waals surface area contributed by atoms with Gasteiger partial charge in [0.05, 0.1) is 11.1 Å². The van der Waals surface area contributed by atoms with Crippen LogP contribution in [0.25, 0.3) is 0 Å². The van der Waals surface area contributed by atoms with E-state index in [4.69, 9.17) is 10.5 Å². The Morgan fingerprint density at radius 3 is 2.60 bits per heavy atom. The van der Waals surface area contributed by atoms with E-state index >= 15 is 0 Å². The zero-order valence-electron chi connectivity index (χ0n) is 11.5. The smallest absolute Gasteiger partial charge is 0.263 e. The molecule has 2 aliphatic rings. The van der Waals surface area contributed by atoms with E-state index in [9.17, 15) is 9.59 Å². The fraction of sp³-hybridized carbons (Fsp3) is 0.467. The predicted octanol–water partition coefficient (Wildman–Crippen LogP) is 1.68. The Bertz CT molecular complexity index is 576. The van der Waals surface area contributed by atoms with E-state index in [2.05, 4.69) is 6.92 Å². The number of anilines is 1. The van der Waals surface area contributed by atoms with Crippen molar-refractivity contribution < 1.29 is 14.3 Å². The van der Waals surface area contributed by atoms with Crippen LogP contribution in [0.1, 0.15) is 40.5 Å². The van der Waals surface area contributed by atoms with E-state index in [-0.39, 0.29) is 17.2 Å². The van der Waals surface area contributed by atoms with Crippen LogP contribution in [0.4, 0.5) is 5.69 Å². The Morgan fingerprint density at radius 2 is 1.95 bits per heavy atom. The molecular weight excluding hydrogens is 256 g/mol. The number of imide groups is 1. The van der Waals surface area contributed by atoms with E-state index in [0.717, 1.165) is 12.8 Å². The maximum atomic E-state index is 12.4. The summed E-state index contributed by atoms with van der Waals surface area (Å²) in [5.41, 5.74) is 6.92. The maximum Gasteiger partial charge on any atom is 0.263 e. The number of fused-ring (bicyclic) bond motifs is 1. The summed E-state index contributed by atoms with van der Waals surface area (Å²) in [6.45, 7) is 3.90. The number of rotatable bonds is 2. The molecule has 0 aromatic heterocycles. The first-order valence-electron chi connectivity index (χ1n) is 6.84. The van der Waals surface area contributed by atoms with E-state index in [1.807, 2.05) is 0 Å². The third-order valence-corrected chi connectivity index (χ3v) is 4.27. The lowest BCUT2D eigenvalue weighted by molar-refractivity contribution is 0.00768. The number of amides is 2. The van der Waals surface area contributed by atoms with Crippen molar-refractivity contribution in [3.05, 3.63) is 29.3 Å². The number of ether oxygens (including phenoxy) is 1. The molecule has 0 bridgehead atoms. The van der Waals surface area contributed by atoms with Crippen molar-refractivity contribution in [1.82, 2.24) is 4.90 Å². The number of nitrogens with two attached hydrogens (primary N) is 1. The molecule has 1 aromatic carbocycles. The van der Waals surface area contributed by atoms with Gasteiger partial charge in [-0.2, -0.15) is 0 Å². The SMILES string of the molecule is CC1(CN2C(=O)c3cccc(N)c3C2=O)CCOCC1. The lowest BCUT2D eigenvalue weighted by atomic mass is 9.82. The number of benzene rings is 1.